The standard InChI is InChI=1S/C21H23N5O3/c27-19(14-26-20(28)10-11-21(26)29)22-16-6-4-15(5-7-16)17-8-9-18(24-23-17)25-12-2-1-3-13-25/h4-9H,1-3,10-14H2,(H,22,27). The van der Waals surface area contributed by atoms with Crippen molar-refractivity contribution in [1.29, 1.82) is 0 Å². The number of hydrogen-bond acceptors (Lipinski definition) is 6. The largest absolute Gasteiger partial charge is 0.355 e. The Balaban J connectivity index is 1.36. The number of nitrogens with zero attached hydrogens (tertiary/aromatic N) is 4. The number of amides is 3. The Kier molecular flexibility index (Phi) is 5.50. The molecule has 2 aliphatic heterocycles. The van der Waals surface area contributed by atoms with Gasteiger partial charge < -0.3 is 10.2 Å². The number of hydrogen-bond donors (Lipinski definition) is 1. The normalized spacial score (nSPS) is 17.0. The Hall–Kier alpha value is -3.29. The Bertz CT molecular complexity index is 889. The van der Waals surface area contributed by atoms with Crippen LogP contribution in [0.4, 0.5) is 11.5 Å². The third kappa shape index (κ3) is 4.42. The Morgan fingerprint density at radius 2 is 1.59 bits per heavy atom. The average molecular weight is 393 g/mol. The predicted molar refractivity (Wildman–Crippen MR) is 108 cm³/mol. The first kappa shape index (κ1) is 19.0. The summed E-state index contributed by atoms with van der Waals surface area (Å²) in [6.45, 7) is 1.80. The van der Waals surface area contributed by atoms with E-state index in [0.29, 0.717) is 5.69 Å². The topological polar surface area (TPSA) is 95.5 Å². The number of carbonyl (C=O) groups excluding carboxylic acids is 3. The Morgan fingerprint density at radius 1 is 0.897 bits per heavy atom. The molecule has 3 amide bonds. The van der Waals surface area contributed by atoms with Crippen molar-refractivity contribution in [3.05, 3.63) is 36.4 Å². The highest BCUT2D eigenvalue weighted by atomic mass is 16.2. The number of nitrogens with one attached hydrogen (secondary N) is 1. The SMILES string of the molecule is O=C(CN1C(=O)CCC1=O)Nc1ccc(-c2ccc(N3CCCCC3)nn2)cc1. The van der Waals surface area contributed by atoms with Crippen LogP contribution in [0, 0.1) is 0 Å². The van der Waals surface area contributed by atoms with Crippen molar-refractivity contribution in [3.8, 4) is 11.3 Å². The van der Waals surface area contributed by atoms with Crippen LogP contribution in [0.1, 0.15) is 32.1 Å². The second-order valence-corrected chi connectivity index (χ2v) is 7.32. The van der Waals surface area contributed by atoms with Gasteiger partial charge in [0.2, 0.25) is 17.7 Å². The zero-order valence-electron chi connectivity index (χ0n) is 16.1. The number of anilines is 2. The fourth-order valence-electron chi connectivity index (χ4n) is 3.64. The van der Waals surface area contributed by atoms with E-state index in [1.165, 1.54) is 19.3 Å². The number of carbonyl (C=O) groups is 3. The molecule has 2 fully saturated rings. The maximum absolute atomic E-state index is 12.1. The first-order valence-corrected chi connectivity index (χ1v) is 9.92. The zero-order chi connectivity index (χ0) is 20.2. The van der Waals surface area contributed by atoms with E-state index < -0.39 is 5.91 Å². The molecule has 1 aromatic carbocycles. The van der Waals surface area contributed by atoms with Crippen molar-refractivity contribution in [2.24, 2.45) is 0 Å². The molecule has 0 atom stereocenters. The van der Waals surface area contributed by atoms with Crippen molar-refractivity contribution < 1.29 is 14.4 Å². The molecule has 3 heterocycles. The van der Waals surface area contributed by atoms with Crippen LogP contribution in [-0.4, -0.2) is 52.5 Å². The van der Waals surface area contributed by atoms with E-state index in [1.807, 2.05) is 24.3 Å². The molecule has 8 heteroatoms. The zero-order valence-corrected chi connectivity index (χ0v) is 16.1. The van der Waals surface area contributed by atoms with Gasteiger partial charge in [0.1, 0.15) is 6.54 Å². The molecule has 0 aliphatic carbocycles. The van der Waals surface area contributed by atoms with Gasteiger partial charge in [-0.2, -0.15) is 0 Å². The summed E-state index contributed by atoms with van der Waals surface area (Å²) in [5, 5.41) is 11.4. The maximum atomic E-state index is 12.1. The van der Waals surface area contributed by atoms with Crippen molar-refractivity contribution in [2.45, 2.75) is 32.1 Å². The van der Waals surface area contributed by atoms with Crippen LogP contribution in [0.15, 0.2) is 36.4 Å². The molecule has 2 saturated heterocycles. The minimum atomic E-state index is -0.396. The number of likely N-dealkylation sites (tertiary alicyclic amines) is 1. The lowest BCUT2D eigenvalue weighted by Gasteiger charge is -2.27. The van der Waals surface area contributed by atoms with Crippen LogP contribution in [0.25, 0.3) is 11.3 Å². The van der Waals surface area contributed by atoms with Crippen LogP contribution < -0.4 is 10.2 Å². The molecular formula is C21H23N5O3. The fraction of sp³-hybridized carbons (Fsp3) is 0.381. The van der Waals surface area contributed by atoms with Gasteiger partial charge in [0.15, 0.2) is 5.82 Å². The summed E-state index contributed by atoms with van der Waals surface area (Å²) in [4.78, 5) is 38.6. The summed E-state index contributed by atoms with van der Waals surface area (Å²) >= 11 is 0. The summed E-state index contributed by atoms with van der Waals surface area (Å²) in [5.41, 5.74) is 2.25. The van der Waals surface area contributed by atoms with Gasteiger partial charge in [-0.05, 0) is 43.5 Å². The summed E-state index contributed by atoms with van der Waals surface area (Å²) in [7, 11) is 0. The molecule has 1 N–H and O–H groups in total. The molecule has 4 rings (SSSR count). The molecule has 0 radical (unpaired) electrons. The van der Waals surface area contributed by atoms with Gasteiger partial charge in [-0.1, -0.05) is 12.1 Å². The Morgan fingerprint density at radius 3 is 2.21 bits per heavy atom. The molecule has 2 aromatic rings. The number of rotatable bonds is 5. The summed E-state index contributed by atoms with van der Waals surface area (Å²) in [5.74, 6) is -0.0884. The van der Waals surface area contributed by atoms with Crippen molar-refractivity contribution >= 4 is 29.2 Å². The third-order valence-corrected chi connectivity index (χ3v) is 5.25. The van der Waals surface area contributed by atoms with E-state index in [-0.39, 0.29) is 31.2 Å². The van der Waals surface area contributed by atoms with E-state index in [4.69, 9.17) is 0 Å². The van der Waals surface area contributed by atoms with Crippen LogP contribution in [-0.2, 0) is 14.4 Å². The number of aromatic nitrogens is 2. The van der Waals surface area contributed by atoms with E-state index in [2.05, 4.69) is 20.4 Å². The molecule has 0 saturated carbocycles. The summed E-state index contributed by atoms with van der Waals surface area (Å²) in [6.07, 6.45) is 4.01. The van der Waals surface area contributed by atoms with Gasteiger partial charge in [0.25, 0.3) is 0 Å². The van der Waals surface area contributed by atoms with E-state index >= 15 is 0 Å². The summed E-state index contributed by atoms with van der Waals surface area (Å²) in [6, 6.07) is 11.2. The van der Waals surface area contributed by atoms with Crippen molar-refractivity contribution in [1.82, 2.24) is 15.1 Å². The smallest absolute Gasteiger partial charge is 0.244 e. The van der Waals surface area contributed by atoms with Gasteiger partial charge in [0, 0.05) is 37.2 Å². The highest BCUT2D eigenvalue weighted by Gasteiger charge is 2.30. The Labute approximate surface area is 168 Å². The highest BCUT2D eigenvalue weighted by molar-refractivity contribution is 6.06. The second kappa shape index (κ2) is 8.38. The van der Waals surface area contributed by atoms with Gasteiger partial charge >= 0.3 is 0 Å². The van der Waals surface area contributed by atoms with Crippen LogP contribution in [0.5, 0.6) is 0 Å². The molecule has 8 nitrogen and oxygen atoms in total. The molecule has 2 aliphatic rings. The molecule has 29 heavy (non-hydrogen) atoms. The van der Waals surface area contributed by atoms with E-state index in [1.54, 1.807) is 12.1 Å². The molecule has 150 valence electrons. The first-order chi connectivity index (χ1) is 14.1. The quantitative estimate of drug-likeness (QED) is 0.783. The highest BCUT2D eigenvalue weighted by Crippen LogP contribution is 2.22. The van der Waals surface area contributed by atoms with Crippen LogP contribution in [0.2, 0.25) is 0 Å². The minimum Gasteiger partial charge on any atom is -0.355 e. The second-order valence-electron chi connectivity index (χ2n) is 7.32. The molecule has 1 aromatic heterocycles. The first-order valence-electron chi connectivity index (χ1n) is 9.92. The fourth-order valence-corrected chi connectivity index (χ4v) is 3.64. The molecule has 0 spiro atoms. The molecule has 0 bridgehead atoms. The lowest BCUT2D eigenvalue weighted by atomic mass is 10.1. The van der Waals surface area contributed by atoms with E-state index in [9.17, 15) is 14.4 Å². The van der Waals surface area contributed by atoms with Crippen molar-refractivity contribution in [2.75, 3.05) is 29.9 Å². The lowest BCUT2D eigenvalue weighted by Crippen LogP contribution is -2.36. The molecular weight excluding hydrogens is 370 g/mol. The van der Waals surface area contributed by atoms with Gasteiger partial charge in [-0.15, -0.1) is 10.2 Å². The van der Waals surface area contributed by atoms with Gasteiger partial charge in [-0.3, -0.25) is 19.3 Å². The number of imide groups is 1. The van der Waals surface area contributed by atoms with Crippen LogP contribution in [0.3, 0.4) is 0 Å². The molecule has 0 unspecified atom stereocenters. The van der Waals surface area contributed by atoms with Crippen molar-refractivity contribution in [3.63, 3.8) is 0 Å². The van der Waals surface area contributed by atoms with Gasteiger partial charge in [-0.25, -0.2) is 0 Å². The third-order valence-electron chi connectivity index (χ3n) is 5.25. The average Bonchev–Trinajstić information content (AvgIpc) is 3.07. The monoisotopic (exact) mass is 393 g/mol. The predicted octanol–water partition coefficient (Wildman–Crippen LogP) is 2.22. The van der Waals surface area contributed by atoms with Gasteiger partial charge in [0.05, 0.1) is 5.69 Å². The van der Waals surface area contributed by atoms with Crippen LogP contribution >= 0.6 is 0 Å². The van der Waals surface area contributed by atoms with E-state index in [0.717, 1.165) is 35.1 Å². The minimum absolute atomic E-state index is 0.179. The lowest BCUT2D eigenvalue weighted by molar-refractivity contribution is -0.141. The maximum Gasteiger partial charge on any atom is 0.244 e. The summed E-state index contributed by atoms with van der Waals surface area (Å²) < 4.78 is 0. The number of benzene rings is 1. The number of piperidine rings is 1.